The predicted molar refractivity (Wildman–Crippen MR) is 72.6 cm³/mol. The van der Waals surface area contributed by atoms with E-state index in [1.54, 1.807) is 12.4 Å². The standard InChI is InChI=1S/C15H18N2O/c16-12-14(13-6-9-17-10-7-13)8-11-18-15-4-2-1-3-5-15/h1-7,9-10,14H,8,11-12,16H2. The Bertz CT molecular complexity index is 445. The first kappa shape index (κ1) is 12.6. The van der Waals surface area contributed by atoms with Gasteiger partial charge in [0.25, 0.3) is 0 Å². The van der Waals surface area contributed by atoms with Gasteiger partial charge in [-0.15, -0.1) is 0 Å². The highest BCUT2D eigenvalue weighted by atomic mass is 16.5. The van der Waals surface area contributed by atoms with Gasteiger partial charge in [0.05, 0.1) is 6.61 Å². The van der Waals surface area contributed by atoms with Crippen LogP contribution in [-0.2, 0) is 0 Å². The second-order valence-electron chi connectivity index (χ2n) is 4.16. The van der Waals surface area contributed by atoms with Crippen molar-refractivity contribution in [3.8, 4) is 5.75 Å². The average Bonchev–Trinajstić information content (AvgIpc) is 2.46. The van der Waals surface area contributed by atoms with Crippen molar-refractivity contribution in [2.45, 2.75) is 12.3 Å². The summed E-state index contributed by atoms with van der Waals surface area (Å²) in [6.45, 7) is 1.30. The van der Waals surface area contributed by atoms with Crippen LogP contribution in [0.1, 0.15) is 17.9 Å². The summed E-state index contributed by atoms with van der Waals surface area (Å²) in [5.41, 5.74) is 7.03. The highest BCUT2D eigenvalue weighted by molar-refractivity contribution is 5.21. The number of nitrogens with zero attached hydrogens (tertiary/aromatic N) is 1. The Morgan fingerprint density at radius 2 is 1.78 bits per heavy atom. The highest BCUT2D eigenvalue weighted by Crippen LogP contribution is 2.18. The number of aromatic nitrogens is 1. The summed E-state index contributed by atoms with van der Waals surface area (Å²) in [4.78, 5) is 4.02. The van der Waals surface area contributed by atoms with Crippen LogP contribution in [0.25, 0.3) is 0 Å². The number of nitrogens with two attached hydrogens (primary N) is 1. The van der Waals surface area contributed by atoms with Crippen molar-refractivity contribution in [3.05, 3.63) is 60.4 Å². The number of rotatable bonds is 6. The fourth-order valence-electron chi connectivity index (χ4n) is 1.89. The zero-order valence-corrected chi connectivity index (χ0v) is 10.3. The molecule has 0 aliphatic heterocycles. The van der Waals surface area contributed by atoms with E-state index >= 15 is 0 Å². The average molecular weight is 242 g/mol. The normalized spacial score (nSPS) is 12.1. The molecule has 1 atom stereocenters. The summed E-state index contributed by atoms with van der Waals surface area (Å²) in [5.74, 6) is 1.24. The summed E-state index contributed by atoms with van der Waals surface area (Å²) in [6, 6.07) is 13.9. The smallest absolute Gasteiger partial charge is 0.119 e. The van der Waals surface area contributed by atoms with Crippen LogP contribution in [-0.4, -0.2) is 18.1 Å². The Hall–Kier alpha value is -1.87. The lowest BCUT2D eigenvalue weighted by atomic mass is 9.97. The quantitative estimate of drug-likeness (QED) is 0.847. The predicted octanol–water partition coefficient (Wildman–Crippen LogP) is 2.59. The van der Waals surface area contributed by atoms with Gasteiger partial charge < -0.3 is 10.5 Å². The van der Waals surface area contributed by atoms with Crippen molar-refractivity contribution in [2.24, 2.45) is 5.73 Å². The minimum absolute atomic E-state index is 0.330. The van der Waals surface area contributed by atoms with Crippen LogP contribution in [0.5, 0.6) is 5.75 Å². The van der Waals surface area contributed by atoms with Crippen molar-refractivity contribution in [3.63, 3.8) is 0 Å². The Balaban J connectivity index is 1.85. The summed E-state index contributed by atoms with van der Waals surface area (Å²) >= 11 is 0. The topological polar surface area (TPSA) is 48.1 Å². The molecule has 0 saturated heterocycles. The van der Waals surface area contributed by atoms with Gasteiger partial charge in [0.2, 0.25) is 0 Å². The molecule has 1 unspecified atom stereocenters. The minimum atomic E-state index is 0.330. The molecule has 1 aromatic carbocycles. The van der Waals surface area contributed by atoms with E-state index in [-0.39, 0.29) is 0 Å². The van der Waals surface area contributed by atoms with Crippen molar-refractivity contribution in [1.29, 1.82) is 0 Å². The van der Waals surface area contributed by atoms with Crippen LogP contribution in [0.2, 0.25) is 0 Å². The van der Waals surface area contributed by atoms with Gasteiger partial charge >= 0.3 is 0 Å². The molecule has 0 aliphatic carbocycles. The maximum Gasteiger partial charge on any atom is 0.119 e. The Labute approximate surface area is 108 Å². The maximum atomic E-state index is 5.81. The van der Waals surface area contributed by atoms with Gasteiger partial charge in [0, 0.05) is 12.4 Å². The molecular weight excluding hydrogens is 224 g/mol. The third kappa shape index (κ3) is 3.57. The lowest BCUT2D eigenvalue weighted by molar-refractivity contribution is 0.298. The fraction of sp³-hybridized carbons (Fsp3) is 0.267. The van der Waals surface area contributed by atoms with Crippen molar-refractivity contribution >= 4 is 0 Å². The minimum Gasteiger partial charge on any atom is -0.494 e. The zero-order valence-electron chi connectivity index (χ0n) is 10.3. The van der Waals surface area contributed by atoms with E-state index in [1.807, 2.05) is 42.5 Å². The van der Waals surface area contributed by atoms with E-state index < -0.39 is 0 Å². The van der Waals surface area contributed by atoms with Gasteiger partial charge in [-0.25, -0.2) is 0 Å². The lowest BCUT2D eigenvalue weighted by Gasteiger charge is -2.15. The van der Waals surface area contributed by atoms with E-state index in [0.717, 1.165) is 12.2 Å². The van der Waals surface area contributed by atoms with Gasteiger partial charge in [-0.2, -0.15) is 0 Å². The molecule has 0 radical (unpaired) electrons. The molecule has 0 amide bonds. The van der Waals surface area contributed by atoms with Crippen LogP contribution in [0.3, 0.4) is 0 Å². The molecule has 94 valence electrons. The first-order chi connectivity index (χ1) is 8.90. The first-order valence-corrected chi connectivity index (χ1v) is 6.18. The molecule has 18 heavy (non-hydrogen) atoms. The van der Waals surface area contributed by atoms with E-state index in [0.29, 0.717) is 19.1 Å². The number of para-hydroxylation sites is 1. The number of benzene rings is 1. The number of hydrogen-bond donors (Lipinski definition) is 1. The molecule has 2 N–H and O–H groups in total. The van der Waals surface area contributed by atoms with Crippen LogP contribution in [0, 0.1) is 0 Å². The molecule has 2 aromatic rings. The number of hydrogen-bond acceptors (Lipinski definition) is 3. The molecule has 0 fully saturated rings. The summed E-state index contributed by atoms with van der Waals surface area (Å²) < 4.78 is 5.69. The zero-order chi connectivity index (χ0) is 12.6. The number of ether oxygens (including phenoxy) is 1. The molecule has 2 rings (SSSR count). The first-order valence-electron chi connectivity index (χ1n) is 6.18. The monoisotopic (exact) mass is 242 g/mol. The van der Waals surface area contributed by atoms with Crippen molar-refractivity contribution in [2.75, 3.05) is 13.2 Å². The van der Waals surface area contributed by atoms with Gasteiger partial charge in [-0.1, -0.05) is 18.2 Å². The highest BCUT2D eigenvalue weighted by Gasteiger charge is 2.09. The third-order valence-electron chi connectivity index (χ3n) is 2.94. The molecule has 0 spiro atoms. The fourth-order valence-corrected chi connectivity index (χ4v) is 1.89. The lowest BCUT2D eigenvalue weighted by Crippen LogP contribution is -2.15. The van der Waals surface area contributed by atoms with E-state index in [1.165, 1.54) is 5.56 Å². The van der Waals surface area contributed by atoms with Gasteiger partial charge in [-0.3, -0.25) is 4.98 Å². The van der Waals surface area contributed by atoms with E-state index in [4.69, 9.17) is 10.5 Å². The SMILES string of the molecule is NCC(CCOc1ccccc1)c1ccncc1. The van der Waals surface area contributed by atoms with Crippen LogP contribution in [0.15, 0.2) is 54.9 Å². The maximum absolute atomic E-state index is 5.81. The van der Waals surface area contributed by atoms with Gasteiger partial charge in [-0.05, 0) is 48.7 Å². The van der Waals surface area contributed by atoms with Crippen LogP contribution in [0.4, 0.5) is 0 Å². The molecule has 0 aliphatic rings. The molecule has 3 nitrogen and oxygen atoms in total. The second kappa shape index (κ2) is 6.77. The summed E-state index contributed by atoms with van der Waals surface area (Å²) in [6.07, 6.45) is 4.52. The second-order valence-corrected chi connectivity index (χ2v) is 4.16. The van der Waals surface area contributed by atoms with E-state index in [2.05, 4.69) is 4.98 Å². The summed E-state index contributed by atoms with van der Waals surface area (Å²) in [7, 11) is 0. The molecule has 1 heterocycles. The van der Waals surface area contributed by atoms with Gasteiger partial charge in [0.1, 0.15) is 5.75 Å². The van der Waals surface area contributed by atoms with Gasteiger partial charge in [0.15, 0.2) is 0 Å². The summed E-state index contributed by atoms with van der Waals surface area (Å²) in [5, 5.41) is 0. The largest absolute Gasteiger partial charge is 0.494 e. The Morgan fingerprint density at radius 3 is 2.44 bits per heavy atom. The molecule has 1 aromatic heterocycles. The number of pyridine rings is 1. The molecule has 3 heteroatoms. The Morgan fingerprint density at radius 1 is 1.06 bits per heavy atom. The third-order valence-corrected chi connectivity index (χ3v) is 2.94. The van der Waals surface area contributed by atoms with Crippen molar-refractivity contribution < 1.29 is 4.74 Å². The van der Waals surface area contributed by atoms with Crippen molar-refractivity contribution in [1.82, 2.24) is 4.98 Å². The van der Waals surface area contributed by atoms with Crippen LogP contribution >= 0.6 is 0 Å². The van der Waals surface area contributed by atoms with Crippen LogP contribution < -0.4 is 10.5 Å². The Kier molecular flexibility index (Phi) is 4.73. The molecule has 0 bridgehead atoms. The van der Waals surface area contributed by atoms with E-state index in [9.17, 15) is 0 Å². The molecular formula is C15H18N2O. The molecule has 0 saturated carbocycles.